The molecule has 0 N–H and O–H groups in total. The zero-order chi connectivity index (χ0) is 14.6. The summed E-state index contributed by atoms with van der Waals surface area (Å²) in [6, 6.07) is 4.20. The number of hydrogen-bond donors (Lipinski definition) is 0. The maximum atomic E-state index is 12.2. The highest BCUT2D eigenvalue weighted by Crippen LogP contribution is 2.18. The van der Waals surface area contributed by atoms with Gasteiger partial charge in [-0.2, -0.15) is 0 Å². The quantitative estimate of drug-likeness (QED) is 0.772. The van der Waals surface area contributed by atoms with E-state index < -0.39 is 5.60 Å². The van der Waals surface area contributed by atoms with Gasteiger partial charge in [-0.1, -0.05) is 6.07 Å². The van der Waals surface area contributed by atoms with Crippen molar-refractivity contribution in [3.63, 3.8) is 0 Å². The van der Waals surface area contributed by atoms with Gasteiger partial charge in [-0.15, -0.1) is 11.3 Å². The van der Waals surface area contributed by atoms with Crippen LogP contribution < -0.4 is 0 Å². The molecule has 0 aliphatic rings. The molecule has 0 spiro atoms. The van der Waals surface area contributed by atoms with Crippen molar-refractivity contribution in [2.24, 2.45) is 0 Å². The van der Waals surface area contributed by atoms with Crippen molar-refractivity contribution in [1.29, 1.82) is 0 Å². The van der Waals surface area contributed by atoms with Crippen molar-refractivity contribution in [3.8, 4) is 0 Å². The fourth-order valence-electron chi connectivity index (χ4n) is 1.87. The minimum absolute atomic E-state index is 0.155. The maximum Gasteiger partial charge on any atom is 0.323 e. The summed E-state index contributed by atoms with van der Waals surface area (Å²) in [5.74, 6) is -0.155. The average molecular weight is 283 g/mol. The van der Waals surface area contributed by atoms with E-state index in [1.165, 1.54) is 4.88 Å². The first-order chi connectivity index (χ1) is 8.70. The SMILES string of the molecule is CC(C)N(Cc1cccs1)C(C)C(=O)OC(C)(C)C. The lowest BCUT2D eigenvalue weighted by atomic mass is 10.1. The van der Waals surface area contributed by atoms with Gasteiger partial charge in [-0.3, -0.25) is 9.69 Å². The number of esters is 1. The van der Waals surface area contributed by atoms with Crippen molar-refractivity contribution < 1.29 is 9.53 Å². The fourth-order valence-corrected chi connectivity index (χ4v) is 2.58. The highest BCUT2D eigenvalue weighted by atomic mass is 32.1. The van der Waals surface area contributed by atoms with Gasteiger partial charge in [0.2, 0.25) is 0 Å². The van der Waals surface area contributed by atoms with Crippen LogP contribution in [0.3, 0.4) is 0 Å². The highest BCUT2D eigenvalue weighted by molar-refractivity contribution is 7.09. The summed E-state index contributed by atoms with van der Waals surface area (Å²) in [6.07, 6.45) is 0. The van der Waals surface area contributed by atoms with Gasteiger partial charge in [-0.25, -0.2) is 0 Å². The van der Waals surface area contributed by atoms with Crippen molar-refractivity contribution in [2.45, 2.75) is 65.8 Å². The van der Waals surface area contributed by atoms with Crippen molar-refractivity contribution in [1.82, 2.24) is 4.90 Å². The zero-order valence-corrected chi connectivity index (χ0v) is 13.6. The molecule has 0 fully saturated rings. The number of rotatable bonds is 5. The first-order valence-electron chi connectivity index (χ1n) is 6.71. The zero-order valence-electron chi connectivity index (χ0n) is 12.8. The summed E-state index contributed by atoms with van der Waals surface area (Å²) in [5.41, 5.74) is -0.434. The summed E-state index contributed by atoms with van der Waals surface area (Å²) in [6.45, 7) is 12.6. The monoisotopic (exact) mass is 283 g/mol. The minimum atomic E-state index is -0.434. The Balaban J connectivity index is 2.73. The van der Waals surface area contributed by atoms with Crippen molar-refractivity contribution >= 4 is 17.3 Å². The van der Waals surface area contributed by atoms with Gasteiger partial charge in [0.25, 0.3) is 0 Å². The van der Waals surface area contributed by atoms with Crippen LogP contribution in [0.15, 0.2) is 17.5 Å². The summed E-state index contributed by atoms with van der Waals surface area (Å²) >= 11 is 1.72. The van der Waals surface area contributed by atoms with Gasteiger partial charge >= 0.3 is 5.97 Å². The topological polar surface area (TPSA) is 29.5 Å². The molecule has 0 aliphatic carbocycles. The Morgan fingerprint density at radius 1 is 1.37 bits per heavy atom. The second kappa shape index (κ2) is 6.53. The molecule has 3 nitrogen and oxygen atoms in total. The van der Waals surface area contributed by atoms with Crippen LogP contribution in [0.4, 0.5) is 0 Å². The Morgan fingerprint density at radius 2 is 2.00 bits per heavy atom. The number of hydrogen-bond acceptors (Lipinski definition) is 4. The molecule has 108 valence electrons. The second-order valence-electron chi connectivity index (χ2n) is 6.05. The van der Waals surface area contributed by atoms with Crippen LogP contribution in [0.2, 0.25) is 0 Å². The van der Waals surface area contributed by atoms with Crippen LogP contribution in [0.5, 0.6) is 0 Å². The van der Waals surface area contributed by atoms with E-state index in [0.717, 1.165) is 6.54 Å². The third-order valence-corrected chi connectivity index (χ3v) is 3.69. The van der Waals surface area contributed by atoms with E-state index in [9.17, 15) is 4.79 Å². The first kappa shape index (κ1) is 16.2. The molecule has 0 aliphatic heterocycles. The Morgan fingerprint density at radius 3 is 2.42 bits per heavy atom. The lowest BCUT2D eigenvalue weighted by Gasteiger charge is -2.32. The van der Waals surface area contributed by atoms with E-state index in [0.29, 0.717) is 6.04 Å². The number of thiophene rings is 1. The van der Waals surface area contributed by atoms with Gasteiger partial charge in [0.1, 0.15) is 11.6 Å². The third-order valence-electron chi connectivity index (χ3n) is 2.83. The number of carbonyl (C=O) groups is 1. The molecule has 1 aromatic rings. The van der Waals surface area contributed by atoms with E-state index in [1.54, 1.807) is 11.3 Å². The van der Waals surface area contributed by atoms with Gasteiger partial charge in [0.15, 0.2) is 0 Å². The molecule has 0 radical (unpaired) electrons. The summed E-state index contributed by atoms with van der Waals surface area (Å²) in [7, 11) is 0. The van der Waals surface area contributed by atoms with Gasteiger partial charge in [0, 0.05) is 17.5 Å². The first-order valence-corrected chi connectivity index (χ1v) is 7.59. The molecule has 1 rings (SSSR count). The lowest BCUT2D eigenvalue weighted by molar-refractivity contribution is -0.161. The largest absolute Gasteiger partial charge is 0.459 e. The predicted octanol–water partition coefficient (Wildman–Crippen LogP) is 3.69. The molecule has 1 heterocycles. The molecule has 1 aromatic heterocycles. The van der Waals surface area contributed by atoms with Crippen LogP contribution in [0.25, 0.3) is 0 Å². The van der Waals surface area contributed by atoms with Crippen LogP contribution in [0, 0.1) is 0 Å². The molecule has 0 saturated carbocycles. The smallest absolute Gasteiger partial charge is 0.323 e. The lowest BCUT2D eigenvalue weighted by Crippen LogP contribution is -2.45. The molecule has 19 heavy (non-hydrogen) atoms. The van der Waals surface area contributed by atoms with Crippen LogP contribution in [-0.4, -0.2) is 28.6 Å². The Hall–Kier alpha value is -0.870. The minimum Gasteiger partial charge on any atom is -0.459 e. The van der Waals surface area contributed by atoms with Crippen molar-refractivity contribution in [2.75, 3.05) is 0 Å². The number of carbonyl (C=O) groups excluding carboxylic acids is 1. The predicted molar refractivity (Wildman–Crippen MR) is 80.3 cm³/mol. The molecule has 0 amide bonds. The highest BCUT2D eigenvalue weighted by Gasteiger charge is 2.28. The summed E-state index contributed by atoms with van der Waals surface area (Å²) in [4.78, 5) is 15.6. The van der Waals surface area contributed by atoms with Gasteiger partial charge in [-0.05, 0) is 53.0 Å². The van der Waals surface area contributed by atoms with E-state index in [1.807, 2.05) is 33.8 Å². The molecule has 0 saturated heterocycles. The van der Waals surface area contributed by atoms with E-state index in [2.05, 4.69) is 30.2 Å². The molecule has 1 unspecified atom stereocenters. The van der Waals surface area contributed by atoms with Gasteiger partial charge < -0.3 is 4.74 Å². The molecular formula is C15H25NO2S. The molecule has 1 atom stereocenters. The standard InChI is InChI=1S/C15H25NO2S/c1-11(2)16(10-13-8-7-9-19-13)12(3)14(17)18-15(4,5)6/h7-9,11-12H,10H2,1-6H3. The second-order valence-corrected chi connectivity index (χ2v) is 7.09. The summed E-state index contributed by atoms with van der Waals surface area (Å²) in [5, 5.41) is 2.06. The van der Waals surface area contributed by atoms with Gasteiger partial charge in [0.05, 0.1) is 0 Å². The summed E-state index contributed by atoms with van der Waals surface area (Å²) < 4.78 is 5.47. The van der Waals surface area contributed by atoms with E-state index in [-0.39, 0.29) is 12.0 Å². The Labute approximate surface area is 120 Å². The molecular weight excluding hydrogens is 258 g/mol. The maximum absolute atomic E-state index is 12.2. The normalized spacial score (nSPS) is 13.9. The van der Waals surface area contributed by atoms with E-state index >= 15 is 0 Å². The number of ether oxygens (including phenoxy) is 1. The van der Waals surface area contributed by atoms with Crippen molar-refractivity contribution in [3.05, 3.63) is 22.4 Å². The molecule has 0 aromatic carbocycles. The van der Waals surface area contributed by atoms with E-state index in [4.69, 9.17) is 4.74 Å². The third kappa shape index (κ3) is 5.33. The average Bonchev–Trinajstić information content (AvgIpc) is 2.74. The fraction of sp³-hybridized carbons (Fsp3) is 0.667. The number of nitrogens with zero attached hydrogens (tertiary/aromatic N) is 1. The Bertz CT molecular complexity index is 393. The molecule has 0 bridgehead atoms. The molecule has 4 heteroatoms. The Kier molecular flexibility index (Phi) is 5.56. The van der Waals surface area contributed by atoms with Crippen LogP contribution in [-0.2, 0) is 16.1 Å². The van der Waals surface area contributed by atoms with Crippen LogP contribution >= 0.6 is 11.3 Å². The van der Waals surface area contributed by atoms with Crippen LogP contribution in [0.1, 0.15) is 46.4 Å².